The zero-order valence-electron chi connectivity index (χ0n) is 10.1. The first kappa shape index (κ1) is 11.3. The molecule has 0 aliphatic carbocycles. The Hall–Kier alpha value is -0.810. The van der Waals surface area contributed by atoms with Gasteiger partial charge >= 0.3 is 0 Å². The van der Waals surface area contributed by atoms with E-state index in [0.29, 0.717) is 5.82 Å². The molecule has 1 aromatic rings. The van der Waals surface area contributed by atoms with Gasteiger partial charge in [-0.15, -0.1) is 0 Å². The summed E-state index contributed by atoms with van der Waals surface area (Å²) < 4.78 is 4.16. The first-order chi connectivity index (χ1) is 8.33. The zero-order chi connectivity index (χ0) is 11.7. The molecular formula is C12H20N4S. The number of hydrogen-bond acceptors (Lipinski definition) is 5. The summed E-state index contributed by atoms with van der Waals surface area (Å²) in [4.78, 5) is 5.11. The highest BCUT2D eigenvalue weighted by Gasteiger charge is 2.29. The molecule has 0 radical (unpaired) electrons. The fourth-order valence-electron chi connectivity index (χ4n) is 2.95. The smallest absolute Gasteiger partial charge is 0.139 e. The van der Waals surface area contributed by atoms with Gasteiger partial charge in [0.15, 0.2) is 0 Å². The first-order valence-electron chi connectivity index (χ1n) is 6.54. The Bertz CT molecular complexity index is 372. The minimum Gasteiger partial charge on any atom is -0.383 e. The van der Waals surface area contributed by atoms with Crippen LogP contribution in [0.15, 0.2) is 6.07 Å². The maximum Gasteiger partial charge on any atom is 0.139 e. The molecule has 17 heavy (non-hydrogen) atoms. The minimum atomic E-state index is 0.659. The number of piperidine rings is 1. The molecule has 0 spiro atoms. The number of nitrogens with two attached hydrogens (primary N) is 1. The molecule has 2 N–H and O–H groups in total. The molecule has 3 heterocycles. The van der Waals surface area contributed by atoms with Crippen LogP contribution >= 0.6 is 11.5 Å². The molecule has 0 bridgehead atoms. The Kier molecular flexibility index (Phi) is 3.20. The summed E-state index contributed by atoms with van der Waals surface area (Å²) in [6.07, 6.45) is 5.46. The van der Waals surface area contributed by atoms with Crippen molar-refractivity contribution in [1.82, 2.24) is 9.27 Å². The largest absolute Gasteiger partial charge is 0.383 e. The first-order valence-corrected chi connectivity index (χ1v) is 7.31. The number of aromatic nitrogens is 1. The molecule has 94 valence electrons. The minimum absolute atomic E-state index is 0.659. The van der Waals surface area contributed by atoms with Crippen LogP contribution in [0, 0.1) is 0 Å². The van der Waals surface area contributed by atoms with Gasteiger partial charge in [0.05, 0.1) is 0 Å². The third kappa shape index (κ3) is 2.40. The van der Waals surface area contributed by atoms with Crippen molar-refractivity contribution in [2.45, 2.75) is 31.7 Å². The lowest BCUT2D eigenvalue weighted by atomic mass is 10.1. The molecule has 1 atom stereocenters. The van der Waals surface area contributed by atoms with Crippen LogP contribution in [0.5, 0.6) is 0 Å². The maximum absolute atomic E-state index is 5.69. The topological polar surface area (TPSA) is 45.4 Å². The fraction of sp³-hybridized carbons (Fsp3) is 0.750. The molecule has 1 aromatic heterocycles. The molecule has 2 fully saturated rings. The second-order valence-corrected chi connectivity index (χ2v) is 5.86. The molecule has 5 heteroatoms. The van der Waals surface area contributed by atoms with Crippen LogP contribution in [0.2, 0.25) is 0 Å². The van der Waals surface area contributed by atoms with Crippen LogP contribution in [-0.2, 0) is 0 Å². The van der Waals surface area contributed by atoms with Gasteiger partial charge in [0, 0.05) is 25.2 Å². The van der Waals surface area contributed by atoms with Crippen LogP contribution < -0.4 is 10.6 Å². The van der Waals surface area contributed by atoms with Crippen molar-refractivity contribution >= 4 is 22.4 Å². The fourth-order valence-corrected chi connectivity index (χ4v) is 3.66. The van der Waals surface area contributed by atoms with E-state index in [-0.39, 0.29) is 0 Å². The Morgan fingerprint density at radius 2 is 2.06 bits per heavy atom. The van der Waals surface area contributed by atoms with E-state index in [9.17, 15) is 0 Å². The number of rotatable bonds is 2. The van der Waals surface area contributed by atoms with Crippen molar-refractivity contribution in [2.75, 3.05) is 36.8 Å². The number of likely N-dealkylation sites (tertiary alicyclic amines) is 1. The van der Waals surface area contributed by atoms with E-state index in [4.69, 9.17) is 5.73 Å². The van der Waals surface area contributed by atoms with E-state index < -0.39 is 0 Å². The van der Waals surface area contributed by atoms with E-state index in [1.165, 1.54) is 55.3 Å². The van der Waals surface area contributed by atoms with E-state index in [1.54, 1.807) is 0 Å². The quantitative estimate of drug-likeness (QED) is 0.871. The predicted octanol–water partition coefficient (Wildman–Crippen LogP) is 1.79. The van der Waals surface area contributed by atoms with Gasteiger partial charge in [0.2, 0.25) is 0 Å². The van der Waals surface area contributed by atoms with Crippen molar-refractivity contribution in [1.29, 1.82) is 0 Å². The van der Waals surface area contributed by atoms with Crippen LogP contribution in [0.1, 0.15) is 25.7 Å². The molecule has 2 aliphatic rings. The van der Waals surface area contributed by atoms with Gasteiger partial charge in [-0.2, -0.15) is 4.37 Å². The second-order valence-electron chi connectivity index (χ2n) is 5.08. The SMILES string of the molecule is Nc1cc(N2CCC(N3CCCCC3)C2)sn1. The maximum atomic E-state index is 5.69. The van der Waals surface area contributed by atoms with Crippen molar-refractivity contribution in [3.8, 4) is 0 Å². The van der Waals surface area contributed by atoms with Crippen molar-refractivity contribution in [3.05, 3.63) is 6.07 Å². The predicted molar refractivity (Wildman–Crippen MR) is 72.6 cm³/mol. The molecule has 0 aromatic carbocycles. The molecule has 4 nitrogen and oxygen atoms in total. The van der Waals surface area contributed by atoms with Crippen LogP contribution in [-0.4, -0.2) is 41.5 Å². The van der Waals surface area contributed by atoms with Crippen molar-refractivity contribution in [3.63, 3.8) is 0 Å². The Balaban J connectivity index is 1.61. The van der Waals surface area contributed by atoms with E-state index in [0.717, 1.165) is 19.1 Å². The van der Waals surface area contributed by atoms with Gasteiger partial charge in [-0.1, -0.05) is 6.42 Å². The van der Waals surface area contributed by atoms with Gasteiger partial charge in [-0.25, -0.2) is 0 Å². The summed E-state index contributed by atoms with van der Waals surface area (Å²) >= 11 is 1.53. The summed E-state index contributed by atoms with van der Waals surface area (Å²) in [6, 6.07) is 2.75. The molecule has 3 rings (SSSR count). The summed E-state index contributed by atoms with van der Waals surface area (Å²) in [5.41, 5.74) is 5.69. The summed E-state index contributed by atoms with van der Waals surface area (Å²) in [5, 5.41) is 1.24. The lowest BCUT2D eigenvalue weighted by Gasteiger charge is -2.32. The molecule has 0 saturated carbocycles. The van der Waals surface area contributed by atoms with Crippen molar-refractivity contribution in [2.24, 2.45) is 0 Å². The number of nitrogens with zero attached hydrogens (tertiary/aromatic N) is 3. The second kappa shape index (κ2) is 4.82. The Labute approximate surface area is 107 Å². The van der Waals surface area contributed by atoms with Gasteiger partial charge < -0.3 is 10.6 Å². The highest BCUT2D eigenvalue weighted by molar-refractivity contribution is 7.10. The standard InChI is InChI=1S/C12H20N4S/c13-11-8-12(17-14-11)16-7-4-10(9-16)15-5-2-1-3-6-15/h8,10H,1-7,9H2,(H2,13,14). The number of hydrogen-bond donors (Lipinski definition) is 1. The van der Waals surface area contributed by atoms with Gasteiger partial charge in [-0.3, -0.25) is 4.90 Å². The van der Waals surface area contributed by atoms with E-state index in [1.807, 2.05) is 6.07 Å². The molecule has 1 unspecified atom stereocenters. The van der Waals surface area contributed by atoms with E-state index in [2.05, 4.69) is 14.2 Å². The average Bonchev–Trinajstić information content (AvgIpc) is 2.98. The van der Waals surface area contributed by atoms with Gasteiger partial charge in [0.25, 0.3) is 0 Å². The van der Waals surface area contributed by atoms with Gasteiger partial charge in [0.1, 0.15) is 10.8 Å². The van der Waals surface area contributed by atoms with E-state index >= 15 is 0 Å². The molecular weight excluding hydrogens is 232 g/mol. The Morgan fingerprint density at radius 1 is 1.24 bits per heavy atom. The van der Waals surface area contributed by atoms with Crippen LogP contribution in [0.4, 0.5) is 10.8 Å². The highest BCUT2D eigenvalue weighted by atomic mass is 32.1. The lowest BCUT2D eigenvalue weighted by Crippen LogP contribution is -2.40. The Morgan fingerprint density at radius 3 is 2.76 bits per heavy atom. The molecule has 2 saturated heterocycles. The summed E-state index contributed by atoms with van der Waals surface area (Å²) in [7, 11) is 0. The average molecular weight is 252 g/mol. The number of anilines is 2. The zero-order valence-corrected chi connectivity index (χ0v) is 11.0. The monoisotopic (exact) mass is 252 g/mol. The normalized spacial score (nSPS) is 26.6. The van der Waals surface area contributed by atoms with Gasteiger partial charge in [-0.05, 0) is 43.9 Å². The highest BCUT2D eigenvalue weighted by Crippen LogP contribution is 2.28. The van der Waals surface area contributed by atoms with Crippen LogP contribution in [0.3, 0.4) is 0 Å². The third-order valence-corrected chi connectivity index (χ3v) is 4.76. The van der Waals surface area contributed by atoms with Crippen molar-refractivity contribution < 1.29 is 0 Å². The molecule has 0 amide bonds. The van der Waals surface area contributed by atoms with Crippen LogP contribution in [0.25, 0.3) is 0 Å². The number of nitrogen functional groups attached to an aromatic ring is 1. The molecule has 2 aliphatic heterocycles. The third-order valence-electron chi connectivity index (χ3n) is 3.90. The summed E-state index contributed by atoms with van der Waals surface area (Å²) in [5.74, 6) is 0.659. The summed E-state index contributed by atoms with van der Waals surface area (Å²) in [6.45, 7) is 4.90. The lowest BCUT2D eigenvalue weighted by molar-refractivity contribution is 0.175.